The number of imidazole rings is 1. The maximum Gasteiger partial charge on any atom is 0.172 e. The molecule has 0 unspecified atom stereocenters. The van der Waals surface area contributed by atoms with Gasteiger partial charge in [-0.1, -0.05) is 12.1 Å². The number of carbonyl (C=O) groups excluding carboxylic acids is 1. The minimum absolute atomic E-state index is 0.234. The predicted octanol–water partition coefficient (Wildman–Crippen LogP) is 4.34. The molecule has 3 rings (SSSR count). The summed E-state index contributed by atoms with van der Waals surface area (Å²) in [5, 5.41) is 3.99. The van der Waals surface area contributed by atoms with Crippen molar-refractivity contribution in [3.05, 3.63) is 52.3 Å². The van der Waals surface area contributed by atoms with Gasteiger partial charge in [0.1, 0.15) is 5.82 Å². The number of ketones is 1. The average molecular weight is 302 g/mol. The predicted molar refractivity (Wildman–Crippen MR) is 83.4 cm³/mol. The van der Waals surface area contributed by atoms with Crippen molar-refractivity contribution in [1.82, 2.24) is 9.55 Å². The number of aromatic nitrogens is 2. The topological polar surface area (TPSA) is 34.9 Å². The van der Waals surface area contributed by atoms with E-state index in [4.69, 9.17) is 0 Å². The van der Waals surface area contributed by atoms with Gasteiger partial charge in [0.2, 0.25) is 0 Å². The van der Waals surface area contributed by atoms with E-state index in [0.717, 1.165) is 23.7 Å². The van der Waals surface area contributed by atoms with Crippen molar-refractivity contribution in [3.8, 4) is 10.7 Å². The van der Waals surface area contributed by atoms with E-state index < -0.39 is 0 Å². The molecule has 0 aliphatic heterocycles. The van der Waals surface area contributed by atoms with Crippen LogP contribution in [0, 0.1) is 0 Å². The molecule has 5 heteroatoms. The molecule has 0 aliphatic carbocycles. The highest BCUT2D eigenvalue weighted by Gasteiger charge is 2.09. The second kappa shape index (κ2) is 6.15. The quantitative estimate of drug-likeness (QED) is 0.635. The lowest BCUT2D eigenvalue weighted by atomic mass is 10.2. The van der Waals surface area contributed by atoms with Crippen LogP contribution in [0.1, 0.15) is 22.5 Å². The standard InChI is InChI=1S/C15H14N2OS2/c18-12(13-5-2-10-19-13)4-1-8-17-9-7-16-15(17)14-6-3-11-20-14/h2-3,5-7,9-11H,1,4,8H2. The number of aryl methyl sites for hydroxylation is 1. The summed E-state index contributed by atoms with van der Waals surface area (Å²) < 4.78 is 2.12. The van der Waals surface area contributed by atoms with Gasteiger partial charge < -0.3 is 4.57 Å². The molecule has 0 N–H and O–H groups in total. The first kappa shape index (κ1) is 13.3. The Morgan fingerprint density at radius 2 is 2.05 bits per heavy atom. The van der Waals surface area contributed by atoms with Crippen LogP contribution in [0.2, 0.25) is 0 Å². The molecule has 0 bridgehead atoms. The molecule has 0 fully saturated rings. The first-order valence-electron chi connectivity index (χ1n) is 6.46. The summed E-state index contributed by atoms with van der Waals surface area (Å²) in [5.74, 6) is 1.22. The zero-order valence-corrected chi connectivity index (χ0v) is 12.5. The second-order valence-electron chi connectivity index (χ2n) is 4.43. The van der Waals surface area contributed by atoms with Gasteiger partial charge in [-0.15, -0.1) is 22.7 Å². The van der Waals surface area contributed by atoms with Gasteiger partial charge in [-0.25, -0.2) is 4.98 Å². The van der Waals surface area contributed by atoms with Crippen LogP contribution in [-0.2, 0) is 6.54 Å². The van der Waals surface area contributed by atoms with Gasteiger partial charge in [0.25, 0.3) is 0 Å². The van der Waals surface area contributed by atoms with Gasteiger partial charge in [-0.3, -0.25) is 4.79 Å². The number of nitrogens with zero attached hydrogens (tertiary/aromatic N) is 2. The number of thiophene rings is 2. The molecule has 0 saturated heterocycles. The van der Waals surface area contributed by atoms with Gasteiger partial charge in [0.05, 0.1) is 9.75 Å². The van der Waals surface area contributed by atoms with Crippen molar-refractivity contribution in [2.75, 3.05) is 0 Å². The molecule has 3 aromatic heterocycles. The van der Waals surface area contributed by atoms with Crippen molar-refractivity contribution < 1.29 is 4.79 Å². The Morgan fingerprint density at radius 1 is 1.20 bits per heavy atom. The van der Waals surface area contributed by atoms with Crippen LogP contribution in [0.15, 0.2) is 47.4 Å². The fourth-order valence-corrected chi connectivity index (χ4v) is 3.52. The zero-order valence-electron chi connectivity index (χ0n) is 10.9. The van der Waals surface area contributed by atoms with Crippen LogP contribution in [0.25, 0.3) is 10.7 Å². The monoisotopic (exact) mass is 302 g/mol. The second-order valence-corrected chi connectivity index (χ2v) is 6.32. The smallest absolute Gasteiger partial charge is 0.172 e. The summed E-state index contributed by atoms with van der Waals surface area (Å²) in [6.07, 6.45) is 5.22. The molecule has 0 spiro atoms. The molecule has 3 aromatic rings. The minimum Gasteiger partial charge on any atom is -0.330 e. The van der Waals surface area contributed by atoms with E-state index in [9.17, 15) is 4.79 Å². The van der Waals surface area contributed by atoms with E-state index in [1.807, 2.05) is 36.0 Å². The third kappa shape index (κ3) is 2.89. The molecule has 0 atom stereocenters. The van der Waals surface area contributed by atoms with Crippen LogP contribution in [0.5, 0.6) is 0 Å². The number of rotatable bonds is 6. The molecule has 0 radical (unpaired) electrons. The fraction of sp³-hybridized carbons (Fsp3) is 0.200. The van der Waals surface area contributed by atoms with Gasteiger partial charge in [-0.05, 0) is 29.3 Å². The van der Waals surface area contributed by atoms with Crippen molar-refractivity contribution in [2.45, 2.75) is 19.4 Å². The van der Waals surface area contributed by atoms with Crippen LogP contribution in [0.3, 0.4) is 0 Å². The van der Waals surface area contributed by atoms with E-state index in [0.29, 0.717) is 6.42 Å². The van der Waals surface area contributed by atoms with E-state index in [1.54, 1.807) is 11.3 Å². The summed E-state index contributed by atoms with van der Waals surface area (Å²) in [6.45, 7) is 0.824. The highest BCUT2D eigenvalue weighted by molar-refractivity contribution is 7.13. The molecule has 0 aliphatic rings. The number of Topliss-reactive ketones (excluding diaryl/α,β-unsaturated/α-hetero) is 1. The molecule has 3 nitrogen and oxygen atoms in total. The molecule has 20 heavy (non-hydrogen) atoms. The summed E-state index contributed by atoms with van der Waals surface area (Å²) in [5.41, 5.74) is 0. The Balaban J connectivity index is 1.60. The van der Waals surface area contributed by atoms with Gasteiger partial charge in [0.15, 0.2) is 5.78 Å². The lowest BCUT2D eigenvalue weighted by molar-refractivity contribution is 0.0982. The van der Waals surface area contributed by atoms with Gasteiger partial charge >= 0.3 is 0 Å². The molecular formula is C15H14N2OS2. The number of hydrogen-bond donors (Lipinski definition) is 0. The zero-order chi connectivity index (χ0) is 13.8. The molecule has 0 aromatic carbocycles. The highest BCUT2D eigenvalue weighted by Crippen LogP contribution is 2.23. The maximum absolute atomic E-state index is 11.9. The van der Waals surface area contributed by atoms with E-state index in [1.165, 1.54) is 16.2 Å². The van der Waals surface area contributed by atoms with Crippen molar-refractivity contribution in [1.29, 1.82) is 0 Å². The molecule has 3 heterocycles. The van der Waals surface area contributed by atoms with Crippen molar-refractivity contribution in [2.24, 2.45) is 0 Å². The normalized spacial score (nSPS) is 10.8. The van der Waals surface area contributed by atoms with Crippen LogP contribution in [0.4, 0.5) is 0 Å². The van der Waals surface area contributed by atoms with Gasteiger partial charge in [0, 0.05) is 25.4 Å². The largest absolute Gasteiger partial charge is 0.330 e. The molecule has 0 saturated carbocycles. The van der Waals surface area contributed by atoms with E-state index in [-0.39, 0.29) is 5.78 Å². The number of hydrogen-bond acceptors (Lipinski definition) is 4. The lowest BCUT2D eigenvalue weighted by Gasteiger charge is -2.05. The summed E-state index contributed by atoms with van der Waals surface area (Å²) in [4.78, 5) is 18.4. The first-order valence-corrected chi connectivity index (χ1v) is 8.22. The Hall–Kier alpha value is -1.72. The Labute approximate surface area is 125 Å². The lowest BCUT2D eigenvalue weighted by Crippen LogP contribution is -2.02. The summed E-state index contributed by atoms with van der Waals surface area (Å²) >= 11 is 3.20. The van der Waals surface area contributed by atoms with Crippen LogP contribution >= 0.6 is 22.7 Å². The first-order chi connectivity index (χ1) is 9.84. The SMILES string of the molecule is O=C(CCCn1ccnc1-c1cccs1)c1cccs1. The molecule has 0 amide bonds. The third-order valence-corrected chi connectivity index (χ3v) is 4.83. The Kier molecular flexibility index (Phi) is 4.08. The van der Waals surface area contributed by atoms with E-state index >= 15 is 0 Å². The van der Waals surface area contributed by atoms with E-state index in [2.05, 4.69) is 21.0 Å². The minimum atomic E-state index is 0.234. The molecular weight excluding hydrogens is 288 g/mol. The average Bonchev–Trinajstić information content (AvgIpc) is 3.20. The third-order valence-electron chi connectivity index (χ3n) is 3.06. The van der Waals surface area contributed by atoms with Gasteiger partial charge in [-0.2, -0.15) is 0 Å². The summed E-state index contributed by atoms with van der Waals surface area (Å²) in [6, 6.07) is 7.91. The van der Waals surface area contributed by atoms with Crippen molar-refractivity contribution >= 4 is 28.5 Å². The molecule has 102 valence electrons. The number of carbonyl (C=O) groups is 1. The summed E-state index contributed by atoms with van der Waals surface area (Å²) in [7, 11) is 0. The maximum atomic E-state index is 11.9. The highest BCUT2D eigenvalue weighted by atomic mass is 32.1. The van der Waals surface area contributed by atoms with Crippen molar-refractivity contribution in [3.63, 3.8) is 0 Å². The Morgan fingerprint density at radius 3 is 2.80 bits per heavy atom. The Bertz CT molecular complexity index is 669. The van der Waals surface area contributed by atoms with Crippen LogP contribution in [-0.4, -0.2) is 15.3 Å². The van der Waals surface area contributed by atoms with Crippen LogP contribution < -0.4 is 0 Å². The fourth-order valence-electron chi connectivity index (χ4n) is 2.09.